The summed E-state index contributed by atoms with van der Waals surface area (Å²) in [6, 6.07) is -0.993. The van der Waals surface area contributed by atoms with Gasteiger partial charge in [-0.1, -0.05) is 27.7 Å². The van der Waals surface area contributed by atoms with Gasteiger partial charge in [-0.05, 0) is 18.8 Å². The van der Waals surface area contributed by atoms with Crippen LogP contribution in [0.5, 0.6) is 0 Å². The van der Waals surface area contributed by atoms with E-state index in [2.05, 4.69) is 0 Å². The van der Waals surface area contributed by atoms with E-state index in [-0.39, 0.29) is 14.7 Å². The second kappa shape index (κ2) is 7.27. The van der Waals surface area contributed by atoms with Crippen LogP contribution in [0.3, 0.4) is 0 Å². The Morgan fingerprint density at radius 2 is 1.88 bits per heavy atom. The van der Waals surface area contributed by atoms with Crippen LogP contribution < -0.4 is 11.5 Å². The van der Waals surface area contributed by atoms with Crippen molar-refractivity contribution in [2.24, 2.45) is 17.4 Å². The summed E-state index contributed by atoms with van der Waals surface area (Å²) in [5.41, 5.74) is 11.0. The molecule has 1 heterocycles. The van der Waals surface area contributed by atoms with E-state index in [4.69, 9.17) is 11.5 Å². The molecular weight excluding hydrogens is 218 g/mol. The van der Waals surface area contributed by atoms with Gasteiger partial charge in [-0.2, -0.15) is 0 Å². The third kappa shape index (κ3) is 4.00. The molecule has 0 bridgehead atoms. The number of hydrogen-bond acceptors (Lipinski definition) is 3. The Kier molecular flexibility index (Phi) is 6.80. The maximum absolute atomic E-state index is 11.9. The molecule has 0 radical (unpaired) electrons. The van der Waals surface area contributed by atoms with E-state index in [1.165, 1.54) is 4.90 Å². The lowest BCUT2D eigenvalue weighted by atomic mass is 10.0. The van der Waals surface area contributed by atoms with Gasteiger partial charge in [0.25, 0.3) is 0 Å². The number of likely N-dealkylation sites (tertiary alicyclic amines) is 1. The van der Waals surface area contributed by atoms with Crippen molar-refractivity contribution in [3.8, 4) is 0 Å². The molecule has 104 valence electrons. The van der Waals surface area contributed by atoms with Gasteiger partial charge in [-0.15, -0.1) is 0 Å². The van der Waals surface area contributed by atoms with Crippen LogP contribution in [0, 0.1) is 5.92 Å². The Bertz CT molecular complexity index is 276. The minimum absolute atomic E-state index is 0. The summed E-state index contributed by atoms with van der Waals surface area (Å²) in [6.07, 6.45) is 1.48. The Hall–Kier alpha value is -1.10. The molecule has 0 aliphatic carbocycles. The number of carbonyl (C=O) groups is 2. The average molecular weight is 247 g/mol. The predicted molar refractivity (Wildman–Crippen MR) is 72.3 cm³/mol. The van der Waals surface area contributed by atoms with Crippen LogP contribution >= 0.6 is 0 Å². The smallest absolute Gasteiger partial charge is 0.240 e. The third-order valence-electron chi connectivity index (χ3n) is 2.87. The molecule has 1 aliphatic heterocycles. The van der Waals surface area contributed by atoms with E-state index >= 15 is 0 Å². The molecule has 5 heteroatoms. The maximum atomic E-state index is 11.9. The average Bonchev–Trinajstić information content (AvgIpc) is 2.78. The molecule has 2 atom stereocenters. The van der Waals surface area contributed by atoms with Crippen molar-refractivity contribution in [1.29, 1.82) is 0 Å². The number of amides is 2. The van der Waals surface area contributed by atoms with Crippen molar-refractivity contribution < 1.29 is 12.4 Å². The van der Waals surface area contributed by atoms with Gasteiger partial charge >= 0.3 is 0 Å². The Balaban J connectivity index is -0.000000609. The number of carbonyl (C=O) groups excluding carboxylic acids is 2. The number of primary amides is 1. The molecule has 1 fully saturated rings. The first-order valence-electron chi connectivity index (χ1n) is 6.30. The van der Waals surface area contributed by atoms with E-state index in [9.17, 15) is 9.59 Å². The van der Waals surface area contributed by atoms with Gasteiger partial charge in [0.1, 0.15) is 6.04 Å². The number of hydrogen-bond donors (Lipinski definition) is 2. The summed E-state index contributed by atoms with van der Waals surface area (Å²) >= 11 is 0. The summed E-state index contributed by atoms with van der Waals surface area (Å²) in [5, 5.41) is 0. The first-order valence-corrected chi connectivity index (χ1v) is 6.30. The van der Waals surface area contributed by atoms with E-state index in [0.717, 1.165) is 6.42 Å². The van der Waals surface area contributed by atoms with Crippen molar-refractivity contribution in [1.82, 2.24) is 4.90 Å². The predicted octanol–water partition coefficient (Wildman–Crippen LogP) is 0.964. The number of nitrogens with two attached hydrogens (primary N) is 2. The highest BCUT2D eigenvalue weighted by Crippen LogP contribution is 2.18. The van der Waals surface area contributed by atoms with Gasteiger partial charge in [-0.25, -0.2) is 0 Å². The fraction of sp³-hybridized carbons (Fsp3) is 0.833. The first kappa shape index (κ1) is 15.9. The van der Waals surface area contributed by atoms with Crippen LogP contribution in [-0.4, -0.2) is 35.3 Å². The van der Waals surface area contributed by atoms with Crippen LogP contribution in [-0.2, 0) is 9.59 Å². The van der Waals surface area contributed by atoms with Gasteiger partial charge < -0.3 is 16.4 Å². The van der Waals surface area contributed by atoms with E-state index in [1.807, 2.05) is 27.7 Å². The summed E-state index contributed by atoms with van der Waals surface area (Å²) in [7, 11) is 0. The molecule has 5 nitrogen and oxygen atoms in total. The Morgan fingerprint density at radius 1 is 1.35 bits per heavy atom. The zero-order chi connectivity index (χ0) is 13.6. The van der Waals surface area contributed by atoms with Crippen molar-refractivity contribution >= 4 is 11.8 Å². The van der Waals surface area contributed by atoms with Gasteiger partial charge in [0.05, 0.1) is 6.04 Å². The molecule has 1 saturated heterocycles. The van der Waals surface area contributed by atoms with E-state index in [1.54, 1.807) is 0 Å². The lowest BCUT2D eigenvalue weighted by Crippen LogP contribution is -2.51. The molecule has 2 amide bonds. The molecular formula is C12H29N3O2. The highest BCUT2D eigenvalue weighted by molar-refractivity contribution is 5.89. The van der Waals surface area contributed by atoms with Gasteiger partial charge in [0.2, 0.25) is 11.8 Å². The first-order chi connectivity index (χ1) is 7.95. The number of nitrogens with zero attached hydrogens (tertiary/aromatic N) is 1. The fourth-order valence-electron chi connectivity index (χ4n) is 1.80. The lowest BCUT2D eigenvalue weighted by molar-refractivity contribution is -0.139. The largest absolute Gasteiger partial charge is 0.368 e. The van der Waals surface area contributed by atoms with Crippen LogP contribution in [0.1, 0.15) is 43.4 Å². The fourth-order valence-corrected chi connectivity index (χ4v) is 1.80. The molecule has 0 aromatic heterocycles. The standard InChI is InChI=1S/C10H19N3O2.C2H6.2H2/c1-6(2)8(11)10(15)13-5-3-4-7(13)9(12)14;1-2;;/h6-8H,3-5,11H2,1-2H3,(H2,12,14);1-2H3;2*1H/t7-,8-;;;/m0.../s1. The minimum atomic E-state index is -0.537. The van der Waals surface area contributed by atoms with Crippen LogP contribution in [0.25, 0.3) is 0 Å². The third-order valence-corrected chi connectivity index (χ3v) is 2.87. The van der Waals surface area contributed by atoms with Crippen molar-refractivity contribution in [2.45, 2.75) is 52.6 Å². The molecule has 17 heavy (non-hydrogen) atoms. The van der Waals surface area contributed by atoms with Crippen LogP contribution in [0.2, 0.25) is 0 Å². The second-order valence-electron chi connectivity index (χ2n) is 4.36. The zero-order valence-electron chi connectivity index (χ0n) is 11.3. The molecule has 0 aromatic carbocycles. The van der Waals surface area contributed by atoms with Gasteiger partial charge in [-0.3, -0.25) is 9.59 Å². The molecule has 1 aliphatic rings. The lowest BCUT2D eigenvalue weighted by Gasteiger charge is -2.26. The topological polar surface area (TPSA) is 89.4 Å². The van der Waals surface area contributed by atoms with Crippen molar-refractivity contribution in [3.05, 3.63) is 0 Å². The van der Waals surface area contributed by atoms with Crippen molar-refractivity contribution in [3.63, 3.8) is 0 Å². The van der Waals surface area contributed by atoms with Gasteiger partial charge in [0.15, 0.2) is 0 Å². The number of rotatable bonds is 3. The zero-order valence-corrected chi connectivity index (χ0v) is 11.3. The molecule has 0 spiro atoms. The summed E-state index contributed by atoms with van der Waals surface area (Å²) < 4.78 is 0. The quantitative estimate of drug-likeness (QED) is 0.778. The highest BCUT2D eigenvalue weighted by Gasteiger charge is 2.35. The van der Waals surface area contributed by atoms with Crippen molar-refractivity contribution in [2.75, 3.05) is 6.54 Å². The molecule has 4 N–H and O–H groups in total. The Labute approximate surface area is 106 Å². The highest BCUT2D eigenvalue weighted by atomic mass is 16.2. The normalized spacial score (nSPS) is 20.8. The SMILES string of the molecule is CC.CC(C)[C@H](N)C(=O)N1CCC[C@H]1C(N)=O.[HH].[HH]. The second-order valence-corrected chi connectivity index (χ2v) is 4.36. The van der Waals surface area contributed by atoms with Gasteiger partial charge in [0, 0.05) is 9.40 Å². The summed E-state index contributed by atoms with van der Waals surface area (Å²) in [5.74, 6) is -0.519. The van der Waals surface area contributed by atoms with Crippen LogP contribution in [0.4, 0.5) is 0 Å². The molecule has 1 rings (SSSR count). The van der Waals surface area contributed by atoms with E-state index in [0.29, 0.717) is 13.0 Å². The maximum Gasteiger partial charge on any atom is 0.240 e. The van der Waals surface area contributed by atoms with E-state index < -0.39 is 18.0 Å². The molecule has 0 unspecified atom stereocenters. The minimum Gasteiger partial charge on any atom is -0.368 e. The van der Waals surface area contributed by atoms with Crippen LogP contribution in [0.15, 0.2) is 0 Å². The monoisotopic (exact) mass is 247 g/mol. The summed E-state index contributed by atoms with van der Waals surface area (Å²) in [6.45, 7) is 8.36. The summed E-state index contributed by atoms with van der Waals surface area (Å²) in [4.78, 5) is 24.5. The Morgan fingerprint density at radius 3 is 2.29 bits per heavy atom. The molecule has 0 aromatic rings. The molecule has 0 saturated carbocycles.